The minimum absolute atomic E-state index is 0.0119. The number of fused-ring (bicyclic) bond motifs is 1. The Labute approximate surface area is 117 Å². The normalized spacial score (nSPS) is 22.3. The number of ether oxygens (including phenoxy) is 1. The van der Waals surface area contributed by atoms with Crippen LogP contribution in [0.2, 0.25) is 0 Å². The molecule has 5 heteroatoms. The van der Waals surface area contributed by atoms with Gasteiger partial charge in [-0.25, -0.2) is 0 Å². The lowest BCUT2D eigenvalue weighted by Gasteiger charge is -2.26. The third-order valence-electron chi connectivity index (χ3n) is 4.03. The van der Waals surface area contributed by atoms with Crippen molar-refractivity contribution in [1.29, 1.82) is 0 Å². The quantitative estimate of drug-likeness (QED) is 0.822. The smallest absolute Gasteiger partial charge is 0.270 e. The van der Waals surface area contributed by atoms with Crippen LogP contribution in [-0.2, 0) is 4.74 Å². The maximum absolute atomic E-state index is 12.5. The fourth-order valence-corrected chi connectivity index (χ4v) is 2.84. The van der Waals surface area contributed by atoms with E-state index in [9.17, 15) is 4.79 Å². The van der Waals surface area contributed by atoms with E-state index in [4.69, 9.17) is 10.5 Å². The van der Waals surface area contributed by atoms with Crippen molar-refractivity contribution in [2.45, 2.75) is 25.5 Å². The fraction of sp³-hybridized carbons (Fsp3) is 0.400. The summed E-state index contributed by atoms with van der Waals surface area (Å²) >= 11 is 0. The molecule has 1 saturated heterocycles. The van der Waals surface area contributed by atoms with Gasteiger partial charge in [0.1, 0.15) is 5.69 Å². The van der Waals surface area contributed by atoms with Gasteiger partial charge in [-0.3, -0.25) is 4.79 Å². The third-order valence-corrected chi connectivity index (χ3v) is 4.03. The first-order valence-electron chi connectivity index (χ1n) is 6.83. The van der Waals surface area contributed by atoms with Gasteiger partial charge in [0.2, 0.25) is 0 Å². The summed E-state index contributed by atoms with van der Waals surface area (Å²) in [5.74, 6) is -0.0119. The SMILES string of the molecule is CC1OCCC1N(C)C(=O)c1cc2cc(N)ccc2[nH]1. The summed E-state index contributed by atoms with van der Waals surface area (Å²) in [7, 11) is 1.83. The summed E-state index contributed by atoms with van der Waals surface area (Å²) < 4.78 is 5.53. The van der Waals surface area contributed by atoms with E-state index in [-0.39, 0.29) is 18.1 Å². The number of carbonyl (C=O) groups is 1. The fourth-order valence-electron chi connectivity index (χ4n) is 2.84. The minimum Gasteiger partial charge on any atom is -0.399 e. The highest BCUT2D eigenvalue weighted by Crippen LogP contribution is 2.22. The van der Waals surface area contributed by atoms with Crippen LogP contribution in [0.15, 0.2) is 24.3 Å². The van der Waals surface area contributed by atoms with Crippen LogP contribution in [-0.4, -0.2) is 41.6 Å². The number of anilines is 1. The second-order valence-electron chi connectivity index (χ2n) is 5.38. The number of aromatic nitrogens is 1. The van der Waals surface area contributed by atoms with Crippen LogP contribution in [0, 0.1) is 0 Å². The molecule has 1 aliphatic heterocycles. The molecule has 1 amide bonds. The summed E-state index contributed by atoms with van der Waals surface area (Å²) in [6.07, 6.45) is 0.973. The first-order chi connectivity index (χ1) is 9.56. The molecule has 1 aromatic heterocycles. The molecule has 2 heterocycles. The Morgan fingerprint density at radius 1 is 1.45 bits per heavy atom. The first kappa shape index (κ1) is 13.0. The Balaban J connectivity index is 1.88. The molecule has 2 atom stereocenters. The van der Waals surface area contributed by atoms with E-state index in [1.54, 1.807) is 4.90 Å². The number of H-pyrrole nitrogens is 1. The van der Waals surface area contributed by atoms with E-state index < -0.39 is 0 Å². The predicted octanol–water partition coefficient (Wildman–Crippen LogP) is 2.00. The van der Waals surface area contributed by atoms with Gasteiger partial charge in [0.05, 0.1) is 12.1 Å². The van der Waals surface area contributed by atoms with Crippen LogP contribution in [0.4, 0.5) is 5.69 Å². The van der Waals surface area contributed by atoms with Crippen molar-refractivity contribution >= 4 is 22.5 Å². The van der Waals surface area contributed by atoms with Crippen LogP contribution in [0.3, 0.4) is 0 Å². The number of nitrogens with one attached hydrogen (secondary N) is 1. The van der Waals surface area contributed by atoms with Crippen LogP contribution in [0.5, 0.6) is 0 Å². The van der Waals surface area contributed by atoms with Crippen LogP contribution in [0.1, 0.15) is 23.8 Å². The lowest BCUT2D eigenvalue weighted by Crippen LogP contribution is -2.41. The lowest BCUT2D eigenvalue weighted by atomic mass is 10.1. The molecule has 1 aliphatic rings. The highest BCUT2D eigenvalue weighted by atomic mass is 16.5. The van der Waals surface area contributed by atoms with Crippen molar-refractivity contribution < 1.29 is 9.53 Å². The number of benzene rings is 1. The molecule has 0 radical (unpaired) electrons. The summed E-state index contributed by atoms with van der Waals surface area (Å²) in [6.45, 7) is 2.72. The zero-order valence-corrected chi connectivity index (χ0v) is 11.7. The topological polar surface area (TPSA) is 71.3 Å². The summed E-state index contributed by atoms with van der Waals surface area (Å²) in [4.78, 5) is 17.5. The van der Waals surface area contributed by atoms with Gasteiger partial charge in [0, 0.05) is 30.2 Å². The molecule has 20 heavy (non-hydrogen) atoms. The van der Waals surface area contributed by atoms with Gasteiger partial charge in [0.25, 0.3) is 5.91 Å². The van der Waals surface area contributed by atoms with Gasteiger partial charge in [-0.2, -0.15) is 0 Å². The van der Waals surface area contributed by atoms with E-state index in [1.165, 1.54) is 0 Å². The van der Waals surface area contributed by atoms with Crippen molar-refractivity contribution in [3.05, 3.63) is 30.0 Å². The first-order valence-corrected chi connectivity index (χ1v) is 6.83. The molecule has 0 saturated carbocycles. The molecule has 2 aromatic rings. The average Bonchev–Trinajstić information content (AvgIpc) is 3.02. The maximum atomic E-state index is 12.5. The van der Waals surface area contributed by atoms with E-state index in [0.29, 0.717) is 18.0 Å². The highest BCUT2D eigenvalue weighted by Gasteiger charge is 2.31. The number of hydrogen-bond donors (Lipinski definition) is 2. The predicted molar refractivity (Wildman–Crippen MR) is 78.6 cm³/mol. The zero-order valence-electron chi connectivity index (χ0n) is 11.7. The van der Waals surface area contributed by atoms with E-state index in [1.807, 2.05) is 38.2 Å². The van der Waals surface area contributed by atoms with E-state index >= 15 is 0 Å². The molecule has 1 fully saturated rings. The maximum Gasteiger partial charge on any atom is 0.270 e. The van der Waals surface area contributed by atoms with Crippen molar-refractivity contribution in [1.82, 2.24) is 9.88 Å². The molecule has 5 nitrogen and oxygen atoms in total. The summed E-state index contributed by atoms with van der Waals surface area (Å²) in [5.41, 5.74) is 7.97. The van der Waals surface area contributed by atoms with Crippen LogP contribution < -0.4 is 5.73 Å². The molecule has 0 aliphatic carbocycles. The molecule has 3 N–H and O–H groups in total. The van der Waals surface area contributed by atoms with E-state index in [0.717, 1.165) is 17.3 Å². The van der Waals surface area contributed by atoms with Gasteiger partial charge in [-0.1, -0.05) is 0 Å². The number of amides is 1. The monoisotopic (exact) mass is 273 g/mol. The number of hydrogen-bond acceptors (Lipinski definition) is 3. The van der Waals surface area contributed by atoms with E-state index in [2.05, 4.69) is 4.98 Å². The Morgan fingerprint density at radius 2 is 2.25 bits per heavy atom. The van der Waals surface area contributed by atoms with Crippen LogP contribution in [0.25, 0.3) is 10.9 Å². The molecule has 0 spiro atoms. The summed E-state index contributed by atoms with van der Waals surface area (Å²) in [6, 6.07) is 7.57. The number of nitrogens with zero attached hydrogens (tertiary/aromatic N) is 1. The second-order valence-corrected chi connectivity index (χ2v) is 5.38. The van der Waals surface area contributed by atoms with Crippen molar-refractivity contribution in [3.63, 3.8) is 0 Å². The number of nitrogen functional groups attached to an aromatic ring is 1. The molecule has 3 rings (SSSR count). The van der Waals surface area contributed by atoms with Crippen molar-refractivity contribution in [3.8, 4) is 0 Å². The van der Waals surface area contributed by atoms with Gasteiger partial charge in [0.15, 0.2) is 0 Å². The summed E-state index contributed by atoms with van der Waals surface area (Å²) in [5, 5.41) is 0.956. The highest BCUT2D eigenvalue weighted by molar-refractivity contribution is 5.98. The molecular weight excluding hydrogens is 254 g/mol. The number of carbonyl (C=O) groups excluding carboxylic acids is 1. The Bertz CT molecular complexity index is 650. The molecule has 2 unspecified atom stereocenters. The molecule has 106 valence electrons. The molecule has 1 aromatic carbocycles. The Kier molecular flexibility index (Phi) is 3.14. The number of aromatic amines is 1. The minimum atomic E-state index is -0.0119. The average molecular weight is 273 g/mol. The van der Waals surface area contributed by atoms with Gasteiger partial charge in [-0.05, 0) is 37.6 Å². The second kappa shape index (κ2) is 4.83. The molecule has 0 bridgehead atoms. The van der Waals surface area contributed by atoms with Crippen LogP contribution >= 0.6 is 0 Å². The zero-order chi connectivity index (χ0) is 14.3. The van der Waals surface area contributed by atoms with Crippen molar-refractivity contribution in [2.75, 3.05) is 19.4 Å². The Hall–Kier alpha value is -2.01. The number of nitrogens with two attached hydrogens (primary N) is 1. The van der Waals surface area contributed by atoms with Gasteiger partial charge >= 0.3 is 0 Å². The number of likely N-dealkylation sites (N-methyl/N-ethyl adjacent to an activating group) is 1. The van der Waals surface area contributed by atoms with Gasteiger partial charge < -0.3 is 20.4 Å². The largest absolute Gasteiger partial charge is 0.399 e. The molecular formula is C15H19N3O2. The van der Waals surface area contributed by atoms with Gasteiger partial charge in [-0.15, -0.1) is 0 Å². The Morgan fingerprint density at radius 3 is 2.95 bits per heavy atom. The van der Waals surface area contributed by atoms with Crippen molar-refractivity contribution in [2.24, 2.45) is 0 Å². The lowest BCUT2D eigenvalue weighted by molar-refractivity contribution is 0.0570. The number of rotatable bonds is 2. The third kappa shape index (κ3) is 2.14. The standard InChI is InChI=1S/C15H19N3O2/c1-9-14(5-6-20-9)18(2)15(19)13-8-10-7-11(16)3-4-12(10)17-13/h3-4,7-9,14,17H,5-6,16H2,1-2H3.